The first kappa shape index (κ1) is 22.3. The summed E-state index contributed by atoms with van der Waals surface area (Å²) in [6.07, 6.45) is 1.77. The molecule has 2 aromatic heterocycles. The van der Waals surface area contributed by atoms with Crippen molar-refractivity contribution in [2.45, 2.75) is 26.9 Å². The predicted molar refractivity (Wildman–Crippen MR) is 131 cm³/mol. The van der Waals surface area contributed by atoms with Gasteiger partial charge >= 0.3 is 0 Å². The third-order valence-electron chi connectivity index (χ3n) is 5.88. The molecule has 0 unspecified atom stereocenters. The van der Waals surface area contributed by atoms with Crippen molar-refractivity contribution in [3.8, 4) is 16.9 Å². The van der Waals surface area contributed by atoms with Crippen LogP contribution in [0.2, 0.25) is 0 Å². The molecule has 0 aliphatic rings. The van der Waals surface area contributed by atoms with Crippen molar-refractivity contribution in [2.24, 2.45) is 0 Å². The largest absolute Gasteiger partial charge is 0.497 e. The molecular formula is C26H27FN4O2. The lowest BCUT2D eigenvalue weighted by atomic mass is 9.99. The van der Waals surface area contributed by atoms with Gasteiger partial charge in [0.15, 0.2) is 0 Å². The minimum absolute atomic E-state index is 0.0202. The van der Waals surface area contributed by atoms with Crippen molar-refractivity contribution in [2.75, 3.05) is 24.8 Å². The minimum atomic E-state index is -0.487. The monoisotopic (exact) mass is 446 g/mol. The number of aromatic nitrogens is 2. The molecule has 4 aromatic rings. The van der Waals surface area contributed by atoms with Gasteiger partial charge in [0.25, 0.3) is 5.56 Å². The van der Waals surface area contributed by atoms with Crippen LogP contribution in [0, 0.1) is 12.7 Å². The highest BCUT2D eigenvalue weighted by atomic mass is 19.1. The second kappa shape index (κ2) is 8.94. The maximum absolute atomic E-state index is 13.9. The zero-order valence-corrected chi connectivity index (χ0v) is 19.2. The zero-order chi connectivity index (χ0) is 23.7. The minimum Gasteiger partial charge on any atom is -0.497 e. The number of methoxy groups -OCH3 is 1. The smallest absolute Gasteiger partial charge is 0.258 e. The number of fused-ring (bicyclic) bond motifs is 1. The molecule has 0 atom stereocenters. The quantitative estimate of drug-likeness (QED) is 0.433. The van der Waals surface area contributed by atoms with Gasteiger partial charge in [-0.2, -0.15) is 0 Å². The summed E-state index contributed by atoms with van der Waals surface area (Å²) in [7, 11) is 3.61. The van der Waals surface area contributed by atoms with Crippen LogP contribution in [-0.4, -0.2) is 23.7 Å². The molecule has 33 heavy (non-hydrogen) atoms. The molecule has 0 aliphatic heterocycles. The SMILES string of the molecule is CCn1c(=O)c(-c2cc(N)c(F)cc2C)cc2cnc(N(C)Cc3ccc(OC)cc3)cc21. The number of hydrogen-bond donors (Lipinski definition) is 1. The number of rotatable bonds is 6. The molecular weight excluding hydrogens is 419 g/mol. The average Bonchev–Trinajstić information content (AvgIpc) is 2.81. The molecule has 0 fully saturated rings. The number of nitrogens with zero attached hydrogens (tertiary/aromatic N) is 3. The van der Waals surface area contributed by atoms with Crippen molar-refractivity contribution in [1.29, 1.82) is 0 Å². The van der Waals surface area contributed by atoms with Crippen LogP contribution < -0.4 is 20.9 Å². The van der Waals surface area contributed by atoms with Crippen LogP contribution in [0.25, 0.3) is 22.0 Å². The van der Waals surface area contributed by atoms with Gasteiger partial charge in [0, 0.05) is 43.4 Å². The van der Waals surface area contributed by atoms with Crippen LogP contribution in [0.4, 0.5) is 15.9 Å². The molecule has 7 heteroatoms. The number of pyridine rings is 2. The molecule has 0 bridgehead atoms. The van der Waals surface area contributed by atoms with Gasteiger partial charge in [0.2, 0.25) is 0 Å². The molecule has 0 spiro atoms. The maximum atomic E-state index is 13.9. The van der Waals surface area contributed by atoms with E-state index in [0.717, 1.165) is 28.0 Å². The molecule has 2 heterocycles. The number of nitrogens with two attached hydrogens (primary N) is 1. The second-order valence-corrected chi connectivity index (χ2v) is 8.10. The molecule has 2 aromatic carbocycles. The van der Waals surface area contributed by atoms with Crippen molar-refractivity contribution < 1.29 is 9.13 Å². The molecule has 0 saturated carbocycles. The van der Waals surface area contributed by atoms with E-state index in [0.29, 0.717) is 29.8 Å². The molecule has 0 saturated heterocycles. The number of nitrogen functional groups attached to an aromatic ring is 1. The molecule has 4 rings (SSSR count). The first-order valence-corrected chi connectivity index (χ1v) is 10.8. The Balaban J connectivity index is 1.76. The van der Waals surface area contributed by atoms with Gasteiger partial charge in [-0.15, -0.1) is 0 Å². The van der Waals surface area contributed by atoms with Gasteiger partial charge in [0.1, 0.15) is 17.4 Å². The van der Waals surface area contributed by atoms with Crippen LogP contribution in [-0.2, 0) is 13.1 Å². The van der Waals surface area contributed by atoms with E-state index < -0.39 is 5.82 Å². The first-order chi connectivity index (χ1) is 15.8. The van der Waals surface area contributed by atoms with Gasteiger partial charge in [-0.1, -0.05) is 12.1 Å². The summed E-state index contributed by atoms with van der Waals surface area (Å²) in [6.45, 7) is 4.85. The summed E-state index contributed by atoms with van der Waals surface area (Å²) in [5.74, 6) is 1.08. The van der Waals surface area contributed by atoms with Crippen LogP contribution in [0.3, 0.4) is 0 Å². The topological polar surface area (TPSA) is 73.4 Å². The van der Waals surface area contributed by atoms with E-state index in [2.05, 4.69) is 4.98 Å². The second-order valence-electron chi connectivity index (χ2n) is 8.10. The fourth-order valence-corrected chi connectivity index (χ4v) is 4.04. The highest BCUT2D eigenvalue weighted by Crippen LogP contribution is 2.28. The number of anilines is 2. The fraction of sp³-hybridized carbons (Fsp3) is 0.231. The summed E-state index contributed by atoms with van der Waals surface area (Å²) >= 11 is 0. The van der Waals surface area contributed by atoms with E-state index >= 15 is 0 Å². The van der Waals surface area contributed by atoms with Crippen molar-refractivity contribution >= 4 is 22.4 Å². The average molecular weight is 447 g/mol. The Hall–Kier alpha value is -3.87. The Morgan fingerprint density at radius 3 is 2.52 bits per heavy atom. The predicted octanol–water partition coefficient (Wildman–Crippen LogP) is 4.76. The number of hydrogen-bond acceptors (Lipinski definition) is 5. The summed E-state index contributed by atoms with van der Waals surface area (Å²) < 4.78 is 20.8. The van der Waals surface area contributed by atoms with E-state index in [1.54, 1.807) is 24.8 Å². The molecule has 170 valence electrons. The van der Waals surface area contributed by atoms with Crippen LogP contribution in [0.15, 0.2) is 59.5 Å². The lowest BCUT2D eigenvalue weighted by Gasteiger charge is -2.20. The van der Waals surface area contributed by atoms with E-state index in [9.17, 15) is 9.18 Å². The Labute approximate surface area is 192 Å². The Morgan fingerprint density at radius 2 is 1.85 bits per heavy atom. The number of aryl methyl sites for hydroxylation is 2. The lowest BCUT2D eigenvalue weighted by Crippen LogP contribution is -2.23. The standard InChI is InChI=1S/C26H27FN4O2/c1-5-31-24-13-25(30(3)15-17-6-8-19(33-4)9-7-17)29-14-18(24)11-21(26(31)32)20-12-23(28)22(27)10-16(20)2/h6-14H,5,15,28H2,1-4H3. The highest BCUT2D eigenvalue weighted by molar-refractivity contribution is 5.86. The number of halogens is 1. The normalized spacial score (nSPS) is 11.1. The van der Waals surface area contributed by atoms with E-state index in [1.165, 1.54) is 12.1 Å². The Kier molecular flexibility index (Phi) is 6.05. The highest BCUT2D eigenvalue weighted by Gasteiger charge is 2.16. The van der Waals surface area contributed by atoms with Gasteiger partial charge < -0.3 is 19.9 Å². The lowest BCUT2D eigenvalue weighted by molar-refractivity contribution is 0.414. The van der Waals surface area contributed by atoms with Gasteiger partial charge in [-0.3, -0.25) is 4.79 Å². The van der Waals surface area contributed by atoms with Gasteiger partial charge in [-0.05, 0) is 60.9 Å². The zero-order valence-electron chi connectivity index (χ0n) is 19.2. The summed E-state index contributed by atoms with van der Waals surface area (Å²) in [4.78, 5) is 20.0. The number of benzene rings is 2. The van der Waals surface area contributed by atoms with Crippen molar-refractivity contribution in [1.82, 2.24) is 9.55 Å². The van der Waals surface area contributed by atoms with Crippen LogP contribution >= 0.6 is 0 Å². The van der Waals surface area contributed by atoms with Gasteiger partial charge in [-0.25, -0.2) is 9.37 Å². The van der Waals surface area contributed by atoms with Crippen LogP contribution in [0.5, 0.6) is 5.75 Å². The summed E-state index contributed by atoms with van der Waals surface area (Å²) in [5, 5.41) is 0.829. The molecule has 6 nitrogen and oxygen atoms in total. The Morgan fingerprint density at radius 1 is 1.12 bits per heavy atom. The molecule has 0 radical (unpaired) electrons. The maximum Gasteiger partial charge on any atom is 0.258 e. The molecule has 2 N–H and O–H groups in total. The third-order valence-corrected chi connectivity index (χ3v) is 5.88. The summed E-state index contributed by atoms with van der Waals surface area (Å²) in [5.41, 5.74) is 9.34. The first-order valence-electron chi connectivity index (χ1n) is 10.8. The van der Waals surface area contributed by atoms with Gasteiger partial charge in [0.05, 0.1) is 18.3 Å². The van der Waals surface area contributed by atoms with Crippen molar-refractivity contribution in [3.05, 3.63) is 82.0 Å². The van der Waals surface area contributed by atoms with Crippen molar-refractivity contribution in [3.63, 3.8) is 0 Å². The summed E-state index contributed by atoms with van der Waals surface area (Å²) in [6, 6.07) is 14.5. The third kappa shape index (κ3) is 4.26. The molecule has 0 amide bonds. The fourth-order valence-electron chi connectivity index (χ4n) is 4.04. The van der Waals surface area contributed by atoms with Crippen LogP contribution in [0.1, 0.15) is 18.1 Å². The Bertz CT molecular complexity index is 1380. The van der Waals surface area contributed by atoms with E-state index in [-0.39, 0.29) is 11.2 Å². The van der Waals surface area contributed by atoms with E-state index in [1.807, 2.05) is 55.3 Å². The molecule has 0 aliphatic carbocycles. The van der Waals surface area contributed by atoms with E-state index in [4.69, 9.17) is 10.5 Å². The number of ether oxygens (including phenoxy) is 1.